The first-order valence-electron chi connectivity index (χ1n) is 10.7. The summed E-state index contributed by atoms with van der Waals surface area (Å²) in [5, 5.41) is 11.2. The highest BCUT2D eigenvalue weighted by Gasteiger charge is 2.34. The Hall–Kier alpha value is -3.23. The number of nitrogens with zero attached hydrogens (tertiary/aromatic N) is 2. The molecule has 36 heavy (non-hydrogen) atoms. The molecule has 0 saturated carbocycles. The normalized spacial score (nSPS) is 14.9. The highest BCUT2D eigenvalue weighted by atomic mass is 32.2. The maximum atomic E-state index is 13.1. The highest BCUT2D eigenvalue weighted by molar-refractivity contribution is 7.89. The van der Waals surface area contributed by atoms with Crippen molar-refractivity contribution in [2.24, 2.45) is 5.92 Å². The first-order valence-corrected chi connectivity index (χ1v) is 13.0. The van der Waals surface area contributed by atoms with Crippen molar-refractivity contribution in [2.75, 3.05) is 12.1 Å². The standard InChI is InChI=1S/C22H21F3N4O5S2/c1-3-12(2)18(29-36(31,32)15-6-4-5-14(10-15)22(23,24)25)19(30)26-21-28-27-20(35-21)13-7-8-16-17(9-13)34-11-33-16/h4-10,12,18,29H,3,11H2,1-2H3,(H,26,28,30). The molecule has 9 nitrogen and oxygen atoms in total. The second-order valence-corrected chi connectivity index (χ2v) is 10.7. The molecule has 3 aromatic rings. The zero-order chi connectivity index (χ0) is 26.1. The zero-order valence-electron chi connectivity index (χ0n) is 19.0. The Kier molecular flexibility index (Phi) is 7.20. The van der Waals surface area contributed by atoms with Gasteiger partial charge < -0.3 is 9.47 Å². The Morgan fingerprint density at radius 2 is 1.89 bits per heavy atom. The monoisotopic (exact) mass is 542 g/mol. The summed E-state index contributed by atoms with van der Waals surface area (Å²) >= 11 is 1.06. The van der Waals surface area contributed by atoms with Gasteiger partial charge in [-0.2, -0.15) is 17.9 Å². The van der Waals surface area contributed by atoms with Gasteiger partial charge in [0.2, 0.25) is 27.9 Å². The summed E-state index contributed by atoms with van der Waals surface area (Å²) < 4.78 is 77.8. The number of fused-ring (bicyclic) bond motifs is 1. The Balaban J connectivity index is 1.52. The summed E-state index contributed by atoms with van der Waals surface area (Å²) in [5.41, 5.74) is -0.430. The van der Waals surface area contributed by atoms with Gasteiger partial charge in [0, 0.05) is 5.56 Å². The second kappa shape index (κ2) is 10.0. The van der Waals surface area contributed by atoms with Crippen LogP contribution in [0.3, 0.4) is 0 Å². The van der Waals surface area contributed by atoms with E-state index in [0.717, 1.165) is 29.5 Å². The maximum absolute atomic E-state index is 13.1. The van der Waals surface area contributed by atoms with E-state index in [0.29, 0.717) is 34.6 Å². The molecule has 4 rings (SSSR count). The molecule has 0 spiro atoms. The fraction of sp³-hybridized carbons (Fsp3) is 0.318. The fourth-order valence-electron chi connectivity index (χ4n) is 3.34. The van der Waals surface area contributed by atoms with Gasteiger partial charge in [-0.1, -0.05) is 37.7 Å². The number of sulfonamides is 1. The molecule has 1 amide bonds. The van der Waals surface area contributed by atoms with Crippen LogP contribution in [0.4, 0.5) is 18.3 Å². The molecule has 1 aromatic heterocycles. The fourth-order valence-corrected chi connectivity index (χ4v) is 5.43. The lowest BCUT2D eigenvalue weighted by molar-refractivity contribution is -0.137. The summed E-state index contributed by atoms with van der Waals surface area (Å²) in [6.45, 7) is 3.52. The van der Waals surface area contributed by atoms with Crippen LogP contribution in [0, 0.1) is 5.92 Å². The number of amides is 1. The van der Waals surface area contributed by atoms with E-state index in [1.54, 1.807) is 32.0 Å². The third kappa shape index (κ3) is 5.60. The van der Waals surface area contributed by atoms with Gasteiger partial charge in [0.1, 0.15) is 11.0 Å². The van der Waals surface area contributed by atoms with Crippen molar-refractivity contribution in [3.05, 3.63) is 48.0 Å². The smallest absolute Gasteiger partial charge is 0.416 e. The lowest BCUT2D eigenvalue weighted by Gasteiger charge is -2.23. The van der Waals surface area contributed by atoms with Gasteiger partial charge in [-0.15, -0.1) is 10.2 Å². The van der Waals surface area contributed by atoms with Crippen LogP contribution >= 0.6 is 11.3 Å². The molecule has 2 aromatic carbocycles. The number of nitrogens with one attached hydrogen (secondary N) is 2. The number of carbonyl (C=O) groups excluding carboxylic acids is 1. The topological polar surface area (TPSA) is 120 Å². The number of halogens is 3. The van der Waals surface area contributed by atoms with Crippen LogP contribution in [-0.4, -0.2) is 37.4 Å². The average molecular weight is 543 g/mol. The number of benzene rings is 2. The SMILES string of the molecule is CCC(C)C(NS(=O)(=O)c1cccc(C(F)(F)F)c1)C(=O)Nc1nnc(-c2ccc3c(c2)OCO3)s1. The van der Waals surface area contributed by atoms with Crippen molar-refractivity contribution in [3.8, 4) is 22.1 Å². The first-order chi connectivity index (χ1) is 17.0. The minimum Gasteiger partial charge on any atom is -0.454 e. The molecular weight excluding hydrogens is 521 g/mol. The molecule has 1 aliphatic rings. The molecule has 1 aliphatic heterocycles. The number of ether oxygens (including phenoxy) is 2. The summed E-state index contributed by atoms with van der Waals surface area (Å²) in [7, 11) is -4.45. The quantitative estimate of drug-likeness (QED) is 0.436. The predicted molar refractivity (Wildman–Crippen MR) is 125 cm³/mol. The van der Waals surface area contributed by atoms with Crippen molar-refractivity contribution in [1.29, 1.82) is 0 Å². The van der Waals surface area contributed by atoms with E-state index in [9.17, 15) is 26.4 Å². The van der Waals surface area contributed by atoms with E-state index in [2.05, 4.69) is 20.2 Å². The van der Waals surface area contributed by atoms with Crippen LogP contribution in [0.2, 0.25) is 0 Å². The van der Waals surface area contributed by atoms with Crippen LogP contribution in [0.25, 0.3) is 10.6 Å². The van der Waals surface area contributed by atoms with Gasteiger partial charge in [-0.05, 0) is 42.3 Å². The third-order valence-corrected chi connectivity index (χ3v) is 7.85. The Morgan fingerprint density at radius 1 is 1.14 bits per heavy atom. The van der Waals surface area contributed by atoms with Crippen LogP contribution < -0.4 is 19.5 Å². The van der Waals surface area contributed by atoms with Crippen LogP contribution in [-0.2, 0) is 21.0 Å². The van der Waals surface area contributed by atoms with Crippen molar-refractivity contribution in [3.63, 3.8) is 0 Å². The lowest BCUT2D eigenvalue weighted by atomic mass is 9.99. The Morgan fingerprint density at radius 3 is 2.61 bits per heavy atom. The largest absolute Gasteiger partial charge is 0.454 e. The molecule has 0 saturated heterocycles. The molecule has 0 fully saturated rings. The number of anilines is 1. The van der Waals surface area contributed by atoms with Gasteiger partial charge in [0.15, 0.2) is 11.5 Å². The number of hydrogen-bond donors (Lipinski definition) is 2. The average Bonchev–Trinajstić information content (AvgIpc) is 3.50. The highest BCUT2D eigenvalue weighted by Crippen LogP contribution is 2.37. The third-order valence-electron chi connectivity index (χ3n) is 5.52. The molecule has 0 radical (unpaired) electrons. The number of alkyl halides is 3. The van der Waals surface area contributed by atoms with E-state index in [-0.39, 0.29) is 11.9 Å². The number of hydrogen-bond acceptors (Lipinski definition) is 8. The van der Waals surface area contributed by atoms with E-state index in [1.165, 1.54) is 0 Å². The van der Waals surface area contributed by atoms with Crippen molar-refractivity contribution in [1.82, 2.24) is 14.9 Å². The molecule has 0 bridgehead atoms. The molecule has 0 aliphatic carbocycles. The summed E-state index contributed by atoms with van der Waals surface area (Å²) in [4.78, 5) is 12.4. The van der Waals surface area contributed by atoms with Crippen LogP contribution in [0.5, 0.6) is 11.5 Å². The van der Waals surface area contributed by atoms with E-state index in [1.807, 2.05) is 0 Å². The molecule has 2 atom stereocenters. The first kappa shape index (κ1) is 25.9. The maximum Gasteiger partial charge on any atom is 0.416 e. The number of rotatable bonds is 8. The Labute approximate surface area is 208 Å². The van der Waals surface area contributed by atoms with Gasteiger partial charge >= 0.3 is 6.18 Å². The van der Waals surface area contributed by atoms with Crippen molar-refractivity contribution in [2.45, 2.75) is 37.4 Å². The predicted octanol–water partition coefficient (Wildman–Crippen LogP) is 4.28. The zero-order valence-corrected chi connectivity index (χ0v) is 20.6. The van der Waals surface area contributed by atoms with E-state index in [4.69, 9.17) is 9.47 Å². The summed E-state index contributed by atoms with van der Waals surface area (Å²) in [6.07, 6.45) is -4.30. The van der Waals surface area contributed by atoms with E-state index >= 15 is 0 Å². The van der Waals surface area contributed by atoms with Crippen LogP contribution in [0.1, 0.15) is 25.8 Å². The van der Waals surface area contributed by atoms with Crippen molar-refractivity contribution >= 4 is 32.4 Å². The minimum absolute atomic E-state index is 0.115. The molecule has 2 unspecified atom stereocenters. The van der Waals surface area contributed by atoms with Crippen molar-refractivity contribution < 1.29 is 35.9 Å². The summed E-state index contributed by atoms with van der Waals surface area (Å²) in [5.74, 6) is -0.0459. The molecule has 192 valence electrons. The molecule has 2 N–H and O–H groups in total. The molecule has 14 heteroatoms. The minimum atomic E-state index is -4.72. The molecule has 2 heterocycles. The number of carbonyl (C=O) groups is 1. The summed E-state index contributed by atoms with van der Waals surface area (Å²) in [6, 6.07) is 7.25. The Bertz CT molecular complexity index is 1380. The van der Waals surface area contributed by atoms with Crippen LogP contribution in [0.15, 0.2) is 47.4 Å². The van der Waals surface area contributed by atoms with Gasteiger partial charge in [-0.25, -0.2) is 8.42 Å². The molecular formula is C22H21F3N4O5S2. The lowest BCUT2D eigenvalue weighted by Crippen LogP contribution is -2.47. The second-order valence-electron chi connectivity index (χ2n) is 7.98. The van der Waals surface area contributed by atoms with Gasteiger partial charge in [0.05, 0.1) is 10.5 Å². The van der Waals surface area contributed by atoms with E-state index < -0.39 is 44.5 Å². The van der Waals surface area contributed by atoms with Gasteiger partial charge in [-0.3, -0.25) is 10.1 Å². The van der Waals surface area contributed by atoms with Gasteiger partial charge in [0.25, 0.3) is 0 Å². The number of aromatic nitrogens is 2.